The number of nitrogens with one attached hydrogen (secondary N) is 1. The molecule has 0 spiro atoms. The van der Waals surface area contributed by atoms with Gasteiger partial charge in [0.2, 0.25) is 11.8 Å². The Hall–Kier alpha value is -2.51. The third-order valence-corrected chi connectivity index (χ3v) is 4.83. The van der Waals surface area contributed by atoms with Crippen LogP contribution in [0.25, 0.3) is 22.5 Å². The van der Waals surface area contributed by atoms with Crippen LogP contribution in [-0.4, -0.2) is 26.8 Å². The molecule has 2 aromatic heterocycles. The van der Waals surface area contributed by atoms with Crippen LogP contribution in [0.15, 0.2) is 52.0 Å². The van der Waals surface area contributed by atoms with Crippen molar-refractivity contribution in [1.82, 2.24) is 20.2 Å². The van der Waals surface area contributed by atoms with Crippen LogP contribution >= 0.6 is 23.4 Å². The van der Waals surface area contributed by atoms with E-state index in [4.69, 9.17) is 20.8 Å². The Labute approximate surface area is 158 Å². The van der Waals surface area contributed by atoms with Crippen molar-refractivity contribution in [2.24, 2.45) is 0 Å². The number of hydrogen-bond acceptors (Lipinski definition) is 6. The number of aromatic amines is 1. The normalized spacial score (nSPS) is 11.2. The maximum Gasteiger partial charge on any atom is 0.249 e. The van der Waals surface area contributed by atoms with Gasteiger partial charge in [-0.2, -0.15) is 0 Å². The SMILES string of the molecule is CCOc1ccc2nc(SCc3nnc(-c4ccccc4Cl)o3)[nH]c2c1. The zero-order valence-corrected chi connectivity index (χ0v) is 15.5. The molecular formula is C18H15ClN4O2S. The molecule has 0 aliphatic carbocycles. The standard InChI is InChI=1S/C18H15ClN4O2S/c1-2-24-11-7-8-14-15(9-11)21-18(20-14)26-10-16-22-23-17(25-16)12-5-3-4-6-13(12)19/h3-9H,2,10H2,1H3,(H,20,21). The lowest BCUT2D eigenvalue weighted by Gasteiger charge is -2.00. The number of halogens is 1. The molecule has 0 saturated heterocycles. The van der Waals surface area contributed by atoms with Gasteiger partial charge in [0.1, 0.15) is 5.75 Å². The number of aromatic nitrogens is 4. The second-order valence-electron chi connectivity index (χ2n) is 5.42. The number of imidazole rings is 1. The summed E-state index contributed by atoms with van der Waals surface area (Å²) < 4.78 is 11.2. The fourth-order valence-corrected chi connectivity index (χ4v) is 3.41. The van der Waals surface area contributed by atoms with E-state index in [0.717, 1.165) is 27.5 Å². The minimum Gasteiger partial charge on any atom is -0.494 e. The summed E-state index contributed by atoms with van der Waals surface area (Å²) in [6.45, 7) is 2.59. The highest BCUT2D eigenvalue weighted by atomic mass is 35.5. The van der Waals surface area contributed by atoms with Gasteiger partial charge in [-0.3, -0.25) is 0 Å². The number of fused-ring (bicyclic) bond motifs is 1. The molecule has 0 saturated carbocycles. The largest absolute Gasteiger partial charge is 0.494 e. The van der Waals surface area contributed by atoms with Crippen molar-refractivity contribution < 1.29 is 9.15 Å². The van der Waals surface area contributed by atoms with Crippen molar-refractivity contribution in [3.05, 3.63) is 53.4 Å². The highest BCUT2D eigenvalue weighted by molar-refractivity contribution is 7.98. The summed E-state index contributed by atoms with van der Waals surface area (Å²) in [7, 11) is 0. The van der Waals surface area contributed by atoms with Gasteiger partial charge < -0.3 is 14.1 Å². The van der Waals surface area contributed by atoms with Gasteiger partial charge in [0.25, 0.3) is 0 Å². The molecule has 1 N–H and O–H groups in total. The predicted octanol–water partition coefficient (Wildman–Crippen LogP) is 4.96. The summed E-state index contributed by atoms with van der Waals surface area (Å²) >= 11 is 7.66. The molecule has 0 aliphatic rings. The molecule has 2 aromatic carbocycles. The molecule has 0 amide bonds. The summed E-state index contributed by atoms with van der Waals surface area (Å²) in [5.41, 5.74) is 2.55. The number of rotatable bonds is 6. The van der Waals surface area contributed by atoms with E-state index >= 15 is 0 Å². The van der Waals surface area contributed by atoms with Gasteiger partial charge in [0, 0.05) is 6.07 Å². The Morgan fingerprint density at radius 2 is 2.08 bits per heavy atom. The minimum atomic E-state index is 0.414. The summed E-state index contributed by atoms with van der Waals surface area (Å²) in [5.74, 6) is 2.26. The maximum absolute atomic E-state index is 6.16. The lowest BCUT2D eigenvalue weighted by atomic mass is 10.2. The van der Waals surface area contributed by atoms with Crippen molar-refractivity contribution in [2.75, 3.05) is 6.61 Å². The van der Waals surface area contributed by atoms with Crippen molar-refractivity contribution in [3.8, 4) is 17.2 Å². The van der Waals surface area contributed by atoms with Gasteiger partial charge in [0.05, 0.1) is 34.0 Å². The van der Waals surface area contributed by atoms with E-state index in [9.17, 15) is 0 Å². The Morgan fingerprint density at radius 1 is 1.19 bits per heavy atom. The number of H-pyrrole nitrogens is 1. The molecule has 4 aromatic rings. The highest BCUT2D eigenvalue weighted by Crippen LogP contribution is 2.29. The van der Waals surface area contributed by atoms with Gasteiger partial charge >= 0.3 is 0 Å². The molecule has 0 unspecified atom stereocenters. The number of hydrogen-bond donors (Lipinski definition) is 1. The third-order valence-electron chi connectivity index (χ3n) is 3.65. The van der Waals surface area contributed by atoms with Gasteiger partial charge in [-0.1, -0.05) is 35.5 Å². The lowest BCUT2D eigenvalue weighted by Crippen LogP contribution is -1.90. The van der Waals surface area contributed by atoms with E-state index in [1.54, 1.807) is 6.07 Å². The van der Waals surface area contributed by atoms with Crippen LogP contribution in [0.1, 0.15) is 12.8 Å². The quantitative estimate of drug-likeness (QED) is 0.472. The summed E-state index contributed by atoms with van der Waals surface area (Å²) in [4.78, 5) is 7.82. The number of ether oxygens (including phenoxy) is 1. The predicted molar refractivity (Wildman–Crippen MR) is 102 cm³/mol. The van der Waals surface area contributed by atoms with E-state index in [-0.39, 0.29) is 0 Å². The van der Waals surface area contributed by atoms with Crippen LogP contribution in [0.3, 0.4) is 0 Å². The average Bonchev–Trinajstić information content (AvgIpc) is 3.27. The van der Waals surface area contributed by atoms with Crippen LogP contribution in [0.5, 0.6) is 5.75 Å². The van der Waals surface area contributed by atoms with Crippen LogP contribution in [0.4, 0.5) is 0 Å². The molecule has 4 rings (SSSR count). The van der Waals surface area contributed by atoms with E-state index in [2.05, 4.69) is 20.2 Å². The van der Waals surface area contributed by atoms with E-state index < -0.39 is 0 Å². The minimum absolute atomic E-state index is 0.414. The first-order valence-corrected chi connectivity index (χ1v) is 9.42. The van der Waals surface area contributed by atoms with Crippen LogP contribution in [0.2, 0.25) is 5.02 Å². The van der Waals surface area contributed by atoms with E-state index in [0.29, 0.717) is 29.2 Å². The first-order valence-electron chi connectivity index (χ1n) is 8.05. The second-order valence-corrected chi connectivity index (χ2v) is 6.79. The van der Waals surface area contributed by atoms with Gasteiger partial charge in [0.15, 0.2) is 5.16 Å². The van der Waals surface area contributed by atoms with Crippen LogP contribution in [-0.2, 0) is 5.75 Å². The van der Waals surface area contributed by atoms with Gasteiger partial charge in [-0.15, -0.1) is 10.2 Å². The fraction of sp³-hybridized carbons (Fsp3) is 0.167. The zero-order valence-electron chi connectivity index (χ0n) is 13.9. The molecule has 132 valence electrons. The number of nitrogens with zero attached hydrogens (tertiary/aromatic N) is 3. The van der Waals surface area contributed by atoms with Crippen LogP contribution in [0, 0.1) is 0 Å². The second kappa shape index (κ2) is 7.39. The molecule has 0 radical (unpaired) electrons. The molecule has 0 fully saturated rings. The summed E-state index contributed by atoms with van der Waals surface area (Å²) in [6, 6.07) is 13.2. The van der Waals surface area contributed by atoms with Crippen molar-refractivity contribution >= 4 is 34.4 Å². The Balaban J connectivity index is 1.47. The highest BCUT2D eigenvalue weighted by Gasteiger charge is 2.13. The molecule has 2 heterocycles. The monoisotopic (exact) mass is 386 g/mol. The fourth-order valence-electron chi connectivity index (χ4n) is 2.48. The molecule has 0 aliphatic heterocycles. The molecule has 0 atom stereocenters. The zero-order chi connectivity index (χ0) is 17.9. The smallest absolute Gasteiger partial charge is 0.249 e. The molecule has 8 heteroatoms. The first kappa shape index (κ1) is 16.9. The maximum atomic E-state index is 6.16. The van der Waals surface area contributed by atoms with Crippen LogP contribution < -0.4 is 4.74 Å². The summed E-state index contributed by atoms with van der Waals surface area (Å²) in [6.07, 6.45) is 0. The van der Waals surface area contributed by atoms with Crippen molar-refractivity contribution in [3.63, 3.8) is 0 Å². The lowest BCUT2D eigenvalue weighted by molar-refractivity contribution is 0.340. The molecule has 6 nitrogen and oxygen atoms in total. The third kappa shape index (κ3) is 3.54. The average molecular weight is 387 g/mol. The molecule has 26 heavy (non-hydrogen) atoms. The number of thioether (sulfide) groups is 1. The number of benzene rings is 2. The van der Waals surface area contributed by atoms with Crippen molar-refractivity contribution in [1.29, 1.82) is 0 Å². The Morgan fingerprint density at radius 3 is 2.92 bits per heavy atom. The van der Waals surface area contributed by atoms with Gasteiger partial charge in [-0.25, -0.2) is 4.98 Å². The summed E-state index contributed by atoms with van der Waals surface area (Å²) in [5, 5.41) is 9.52. The van der Waals surface area contributed by atoms with E-state index in [1.807, 2.05) is 43.3 Å². The van der Waals surface area contributed by atoms with Crippen molar-refractivity contribution in [2.45, 2.75) is 17.8 Å². The van der Waals surface area contributed by atoms with Gasteiger partial charge in [-0.05, 0) is 31.2 Å². The first-order chi connectivity index (χ1) is 12.7. The molecular weight excluding hydrogens is 372 g/mol. The Bertz CT molecular complexity index is 1050. The Kier molecular flexibility index (Phi) is 4.81. The van der Waals surface area contributed by atoms with E-state index in [1.165, 1.54) is 11.8 Å². The molecule has 0 bridgehead atoms. The topological polar surface area (TPSA) is 76.8 Å².